The summed E-state index contributed by atoms with van der Waals surface area (Å²) < 4.78 is 5.98. The minimum Gasteiger partial charge on any atom is -0.474 e. The van der Waals surface area contributed by atoms with Crippen LogP contribution in [0.5, 0.6) is 5.88 Å². The van der Waals surface area contributed by atoms with Crippen molar-refractivity contribution in [1.29, 1.82) is 0 Å². The summed E-state index contributed by atoms with van der Waals surface area (Å²) in [6.07, 6.45) is 5.42. The van der Waals surface area contributed by atoms with Crippen molar-refractivity contribution in [1.82, 2.24) is 15.2 Å². The average molecular weight is 451 g/mol. The lowest BCUT2D eigenvalue weighted by atomic mass is 9.93. The Morgan fingerprint density at radius 3 is 2.45 bits per heavy atom. The van der Waals surface area contributed by atoms with Crippen molar-refractivity contribution in [3.8, 4) is 5.88 Å². The molecule has 7 heteroatoms. The molecule has 2 heterocycles. The largest absolute Gasteiger partial charge is 0.474 e. The third-order valence-corrected chi connectivity index (χ3v) is 6.51. The lowest BCUT2D eigenvalue weighted by Gasteiger charge is -2.29. The molecule has 0 spiro atoms. The highest BCUT2D eigenvalue weighted by Gasteiger charge is 2.32. The van der Waals surface area contributed by atoms with Gasteiger partial charge in [-0.1, -0.05) is 32.0 Å². The van der Waals surface area contributed by atoms with Crippen LogP contribution in [0.15, 0.2) is 42.6 Å². The fourth-order valence-corrected chi connectivity index (χ4v) is 4.47. The zero-order valence-corrected chi connectivity index (χ0v) is 19.8. The first-order valence-electron chi connectivity index (χ1n) is 11.9. The normalized spacial score (nSPS) is 20.9. The highest BCUT2D eigenvalue weighted by molar-refractivity contribution is 5.96. The van der Waals surface area contributed by atoms with E-state index in [0.717, 1.165) is 36.9 Å². The Morgan fingerprint density at radius 2 is 1.82 bits per heavy atom. The second-order valence-electron chi connectivity index (χ2n) is 9.43. The van der Waals surface area contributed by atoms with Crippen LogP contribution in [0.3, 0.4) is 0 Å². The van der Waals surface area contributed by atoms with E-state index in [0.29, 0.717) is 24.9 Å². The van der Waals surface area contributed by atoms with Crippen LogP contribution >= 0.6 is 0 Å². The van der Waals surface area contributed by atoms with Crippen LogP contribution in [0.1, 0.15) is 56.6 Å². The van der Waals surface area contributed by atoms with E-state index in [1.54, 1.807) is 9.80 Å². The van der Waals surface area contributed by atoms with Crippen LogP contribution in [-0.2, 0) is 4.79 Å². The van der Waals surface area contributed by atoms with Crippen molar-refractivity contribution >= 4 is 17.6 Å². The van der Waals surface area contributed by atoms with E-state index < -0.39 is 0 Å². The van der Waals surface area contributed by atoms with Gasteiger partial charge >= 0.3 is 6.03 Å². The number of ether oxygens (including phenoxy) is 1. The Kier molecular flexibility index (Phi) is 7.16. The molecule has 176 valence electrons. The topological polar surface area (TPSA) is 74.8 Å². The number of hydrogen-bond donors (Lipinski definition) is 1. The highest BCUT2D eigenvalue weighted by atomic mass is 16.5. The van der Waals surface area contributed by atoms with Gasteiger partial charge in [0.1, 0.15) is 12.6 Å². The van der Waals surface area contributed by atoms with Gasteiger partial charge in [-0.15, -0.1) is 0 Å². The average Bonchev–Trinajstić information content (AvgIpc) is 3.16. The van der Waals surface area contributed by atoms with E-state index in [1.807, 2.05) is 37.4 Å². The van der Waals surface area contributed by atoms with Crippen LogP contribution in [0, 0.1) is 6.92 Å². The maximum atomic E-state index is 12.8. The molecule has 1 saturated carbocycles. The summed E-state index contributed by atoms with van der Waals surface area (Å²) in [6.45, 7) is 7.56. The first-order valence-corrected chi connectivity index (χ1v) is 11.9. The highest BCUT2D eigenvalue weighted by Crippen LogP contribution is 2.25. The SMILES string of the molecule is Cc1ccc(OC2CCC(NC(=O)CN3CCN(c4ccc(C(C)C)cc4)C3=O)CC2)nc1. The van der Waals surface area contributed by atoms with E-state index in [9.17, 15) is 9.59 Å². The number of nitrogens with one attached hydrogen (secondary N) is 1. The van der Waals surface area contributed by atoms with Crippen molar-refractivity contribution in [2.45, 2.75) is 64.5 Å². The second-order valence-corrected chi connectivity index (χ2v) is 9.43. The third-order valence-electron chi connectivity index (χ3n) is 6.51. The van der Waals surface area contributed by atoms with Crippen molar-refractivity contribution in [3.05, 3.63) is 53.7 Å². The predicted octanol–water partition coefficient (Wildman–Crippen LogP) is 4.26. The predicted molar refractivity (Wildman–Crippen MR) is 129 cm³/mol. The van der Waals surface area contributed by atoms with Gasteiger partial charge in [-0.2, -0.15) is 0 Å². The van der Waals surface area contributed by atoms with E-state index in [2.05, 4.69) is 36.3 Å². The molecule has 1 saturated heterocycles. The summed E-state index contributed by atoms with van der Waals surface area (Å²) in [4.78, 5) is 33.1. The second kappa shape index (κ2) is 10.2. The lowest BCUT2D eigenvalue weighted by molar-refractivity contribution is -0.122. The number of aryl methyl sites for hydroxylation is 1. The molecule has 2 aromatic rings. The fourth-order valence-electron chi connectivity index (χ4n) is 4.47. The molecule has 0 radical (unpaired) electrons. The van der Waals surface area contributed by atoms with E-state index in [-0.39, 0.29) is 30.6 Å². The monoisotopic (exact) mass is 450 g/mol. The number of carbonyl (C=O) groups is 2. The minimum absolute atomic E-state index is 0.0927. The van der Waals surface area contributed by atoms with Gasteiger partial charge in [0.15, 0.2) is 0 Å². The van der Waals surface area contributed by atoms with Gasteiger partial charge in [0.05, 0.1) is 0 Å². The molecule has 1 N–H and O–H groups in total. The van der Waals surface area contributed by atoms with E-state index >= 15 is 0 Å². The minimum atomic E-state index is -0.106. The smallest absolute Gasteiger partial charge is 0.325 e. The van der Waals surface area contributed by atoms with Crippen LogP contribution in [0.25, 0.3) is 0 Å². The van der Waals surface area contributed by atoms with Gasteiger partial charge in [0.25, 0.3) is 0 Å². The van der Waals surface area contributed by atoms with Crippen molar-refractivity contribution < 1.29 is 14.3 Å². The Morgan fingerprint density at radius 1 is 1.09 bits per heavy atom. The number of rotatable bonds is 7. The molecule has 0 atom stereocenters. The zero-order chi connectivity index (χ0) is 23.4. The molecule has 2 aliphatic rings. The van der Waals surface area contributed by atoms with Gasteiger partial charge in [-0.3, -0.25) is 9.69 Å². The maximum absolute atomic E-state index is 12.8. The summed E-state index contributed by atoms with van der Waals surface area (Å²) >= 11 is 0. The van der Waals surface area contributed by atoms with Crippen LogP contribution in [0.2, 0.25) is 0 Å². The quantitative estimate of drug-likeness (QED) is 0.684. The molecule has 2 fully saturated rings. The number of anilines is 1. The number of benzene rings is 1. The Balaban J connectivity index is 1.21. The number of urea groups is 1. The Labute approximate surface area is 196 Å². The number of pyridine rings is 1. The number of carbonyl (C=O) groups excluding carboxylic acids is 2. The molecule has 0 bridgehead atoms. The van der Waals surface area contributed by atoms with Crippen molar-refractivity contribution in [3.63, 3.8) is 0 Å². The summed E-state index contributed by atoms with van der Waals surface area (Å²) in [5.41, 5.74) is 3.24. The van der Waals surface area contributed by atoms with Gasteiger partial charge in [0.2, 0.25) is 11.8 Å². The van der Waals surface area contributed by atoms with Gasteiger partial charge in [-0.05, 0) is 61.8 Å². The molecule has 1 aliphatic carbocycles. The summed E-state index contributed by atoms with van der Waals surface area (Å²) in [6, 6.07) is 12.0. The van der Waals surface area contributed by atoms with Gasteiger partial charge < -0.3 is 15.0 Å². The van der Waals surface area contributed by atoms with Gasteiger partial charge in [0, 0.05) is 37.1 Å². The van der Waals surface area contributed by atoms with Crippen LogP contribution < -0.4 is 15.0 Å². The molecule has 4 rings (SSSR count). The molecule has 7 nitrogen and oxygen atoms in total. The molecule has 1 aromatic carbocycles. The van der Waals surface area contributed by atoms with Crippen molar-refractivity contribution in [2.75, 3.05) is 24.5 Å². The van der Waals surface area contributed by atoms with Gasteiger partial charge in [-0.25, -0.2) is 9.78 Å². The molecular formula is C26H34N4O3. The molecular weight excluding hydrogens is 416 g/mol. The molecule has 0 unspecified atom stereocenters. The van der Waals surface area contributed by atoms with E-state index in [1.165, 1.54) is 5.56 Å². The number of aromatic nitrogens is 1. The van der Waals surface area contributed by atoms with Crippen molar-refractivity contribution in [2.24, 2.45) is 0 Å². The number of nitrogens with zero attached hydrogens (tertiary/aromatic N) is 3. The van der Waals surface area contributed by atoms with Crippen LogP contribution in [-0.4, -0.2) is 53.6 Å². The Bertz CT molecular complexity index is 951. The van der Waals surface area contributed by atoms with Crippen LogP contribution in [0.4, 0.5) is 10.5 Å². The standard InChI is InChI=1S/C26H34N4O3/c1-18(2)20-5-9-22(10-6-20)30-15-14-29(26(30)32)17-24(31)28-21-7-11-23(12-8-21)33-25-13-4-19(3)16-27-25/h4-6,9-10,13,16,18,21,23H,7-8,11-12,14-15,17H2,1-3H3,(H,28,31). The lowest BCUT2D eigenvalue weighted by Crippen LogP contribution is -2.45. The molecule has 1 aromatic heterocycles. The summed E-state index contributed by atoms with van der Waals surface area (Å²) in [7, 11) is 0. The zero-order valence-electron chi connectivity index (χ0n) is 19.8. The fraction of sp³-hybridized carbons (Fsp3) is 0.500. The Hall–Kier alpha value is -3.09. The molecule has 1 aliphatic heterocycles. The molecule has 3 amide bonds. The number of hydrogen-bond acceptors (Lipinski definition) is 4. The maximum Gasteiger partial charge on any atom is 0.325 e. The first kappa shape index (κ1) is 23.1. The summed E-state index contributed by atoms with van der Waals surface area (Å²) in [5.74, 6) is 1.02. The first-order chi connectivity index (χ1) is 15.9. The third kappa shape index (κ3) is 5.83. The van der Waals surface area contributed by atoms with E-state index in [4.69, 9.17) is 4.74 Å². The molecule has 33 heavy (non-hydrogen) atoms. The number of amides is 3. The summed E-state index contributed by atoms with van der Waals surface area (Å²) in [5, 5.41) is 3.11.